The maximum atomic E-state index is 12.6. The van der Waals surface area contributed by atoms with Gasteiger partial charge in [0, 0.05) is 6.54 Å². The first-order valence-electron chi connectivity index (χ1n) is 8.36. The summed E-state index contributed by atoms with van der Waals surface area (Å²) in [6, 6.07) is 13.4. The van der Waals surface area contributed by atoms with Gasteiger partial charge in [0.05, 0.1) is 6.54 Å². The van der Waals surface area contributed by atoms with Crippen LogP contribution in [0.15, 0.2) is 42.5 Å². The van der Waals surface area contributed by atoms with Gasteiger partial charge >= 0.3 is 6.03 Å². The highest BCUT2D eigenvalue weighted by Crippen LogP contribution is 2.19. The number of urea groups is 1. The van der Waals surface area contributed by atoms with E-state index in [1.807, 2.05) is 42.5 Å². The number of amides is 4. The Kier molecular flexibility index (Phi) is 4.18. The minimum absolute atomic E-state index is 0.0695. The van der Waals surface area contributed by atoms with Crippen molar-refractivity contribution >= 4 is 28.6 Å². The fraction of sp³-hybridized carbons (Fsp3) is 0.278. The molecule has 1 unspecified atom stereocenters. The van der Waals surface area contributed by atoms with Crippen LogP contribution in [0.1, 0.15) is 5.56 Å². The summed E-state index contributed by atoms with van der Waals surface area (Å²) < 4.78 is 0. The molecule has 0 aromatic heterocycles. The molecule has 4 amide bonds. The number of carbonyl (C=O) groups is 3. The molecular formula is C18H18N4O4. The smallest absolute Gasteiger partial charge is 0.343 e. The fourth-order valence-corrected chi connectivity index (χ4v) is 3.28. The van der Waals surface area contributed by atoms with E-state index in [-0.39, 0.29) is 31.5 Å². The Morgan fingerprint density at radius 3 is 2.88 bits per heavy atom. The van der Waals surface area contributed by atoms with Crippen LogP contribution in [0.25, 0.3) is 10.8 Å². The molecule has 0 radical (unpaired) electrons. The van der Waals surface area contributed by atoms with E-state index < -0.39 is 12.2 Å². The van der Waals surface area contributed by atoms with Crippen molar-refractivity contribution in [2.75, 3.05) is 19.7 Å². The van der Waals surface area contributed by atoms with Crippen molar-refractivity contribution < 1.29 is 19.2 Å². The second-order valence-corrected chi connectivity index (χ2v) is 6.20. The van der Waals surface area contributed by atoms with Crippen LogP contribution in [0.5, 0.6) is 0 Å². The largest absolute Gasteiger partial charge is 0.350 e. The van der Waals surface area contributed by atoms with Gasteiger partial charge in [-0.05, 0) is 16.3 Å². The summed E-state index contributed by atoms with van der Waals surface area (Å²) in [6.45, 7) is 0.144. The van der Waals surface area contributed by atoms with Gasteiger partial charge in [0.1, 0.15) is 6.54 Å². The van der Waals surface area contributed by atoms with Gasteiger partial charge in [-0.25, -0.2) is 4.79 Å². The van der Waals surface area contributed by atoms with Gasteiger partial charge in [0.2, 0.25) is 5.91 Å². The number of nitrogens with one attached hydrogen (secondary N) is 2. The molecule has 4 rings (SSSR count). The number of benzene rings is 2. The third-order valence-electron chi connectivity index (χ3n) is 4.58. The lowest BCUT2D eigenvalue weighted by Gasteiger charge is -2.44. The Morgan fingerprint density at radius 2 is 2.00 bits per heavy atom. The minimum atomic E-state index is -0.638. The van der Waals surface area contributed by atoms with Crippen molar-refractivity contribution in [2.45, 2.75) is 12.7 Å². The van der Waals surface area contributed by atoms with Gasteiger partial charge in [-0.3, -0.25) is 14.4 Å². The van der Waals surface area contributed by atoms with Gasteiger partial charge < -0.3 is 15.5 Å². The third-order valence-corrected chi connectivity index (χ3v) is 4.58. The molecule has 2 aliphatic heterocycles. The van der Waals surface area contributed by atoms with Crippen LogP contribution < -0.4 is 10.6 Å². The number of hydrogen-bond donors (Lipinski definition) is 2. The van der Waals surface area contributed by atoms with Crippen molar-refractivity contribution in [3.63, 3.8) is 0 Å². The van der Waals surface area contributed by atoms with Crippen LogP contribution >= 0.6 is 0 Å². The van der Waals surface area contributed by atoms with Crippen molar-refractivity contribution in [1.29, 1.82) is 0 Å². The second-order valence-electron chi connectivity index (χ2n) is 6.20. The molecule has 2 aromatic rings. The van der Waals surface area contributed by atoms with Gasteiger partial charge in [-0.2, -0.15) is 5.06 Å². The van der Waals surface area contributed by atoms with Crippen molar-refractivity contribution in [3.05, 3.63) is 48.0 Å². The minimum Gasteiger partial charge on any atom is -0.350 e. The van der Waals surface area contributed by atoms with Crippen LogP contribution in [0.3, 0.4) is 0 Å². The highest BCUT2D eigenvalue weighted by Gasteiger charge is 2.41. The molecule has 0 aliphatic carbocycles. The van der Waals surface area contributed by atoms with Crippen molar-refractivity contribution in [1.82, 2.24) is 20.6 Å². The Morgan fingerprint density at radius 1 is 1.19 bits per heavy atom. The quantitative estimate of drug-likeness (QED) is 0.825. The zero-order valence-corrected chi connectivity index (χ0v) is 14.0. The van der Waals surface area contributed by atoms with Crippen LogP contribution in [-0.2, 0) is 21.0 Å². The maximum Gasteiger partial charge on any atom is 0.343 e. The number of carbonyl (C=O) groups excluding carboxylic acids is 3. The number of hydrogen-bond acceptors (Lipinski definition) is 4. The summed E-state index contributed by atoms with van der Waals surface area (Å²) in [5, 5.41) is 8.78. The van der Waals surface area contributed by atoms with E-state index in [1.54, 1.807) is 0 Å². The topological polar surface area (TPSA) is 91.0 Å². The number of fused-ring (bicyclic) bond motifs is 2. The fourth-order valence-electron chi connectivity index (χ4n) is 3.28. The van der Waals surface area contributed by atoms with E-state index in [1.165, 1.54) is 4.90 Å². The Labute approximate surface area is 149 Å². The molecule has 2 aliphatic rings. The van der Waals surface area contributed by atoms with Crippen LogP contribution in [-0.4, -0.2) is 53.7 Å². The zero-order valence-electron chi connectivity index (χ0n) is 14.0. The lowest BCUT2D eigenvalue weighted by molar-refractivity contribution is -0.222. The lowest BCUT2D eigenvalue weighted by Crippen LogP contribution is -2.68. The molecule has 2 aromatic carbocycles. The van der Waals surface area contributed by atoms with Crippen LogP contribution in [0.2, 0.25) is 0 Å². The molecule has 26 heavy (non-hydrogen) atoms. The lowest BCUT2D eigenvalue weighted by atomic mass is 10.0. The summed E-state index contributed by atoms with van der Waals surface area (Å²) >= 11 is 0. The molecular weight excluding hydrogens is 336 g/mol. The Balaban J connectivity index is 1.47. The number of rotatable bonds is 2. The van der Waals surface area contributed by atoms with Crippen LogP contribution in [0, 0.1) is 0 Å². The summed E-state index contributed by atoms with van der Waals surface area (Å²) in [4.78, 5) is 42.7. The van der Waals surface area contributed by atoms with E-state index in [2.05, 4.69) is 10.6 Å². The van der Waals surface area contributed by atoms with Crippen molar-refractivity contribution in [2.24, 2.45) is 0 Å². The SMILES string of the molecule is O=C1CN2C(=O)CON(C(=O)NCc3cccc4ccccc34)C2CN1. The Bertz CT molecular complexity index is 879. The summed E-state index contributed by atoms with van der Waals surface area (Å²) in [6.07, 6.45) is -0.638. The molecule has 1 atom stereocenters. The van der Waals surface area contributed by atoms with E-state index in [9.17, 15) is 14.4 Å². The third kappa shape index (κ3) is 2.95. The van der Waals surface area contributed by atoms with Crippen LogP contribution in [0.4, 0.5) is 4.79 Å². The van der Waals surface area contributed by atoms with Gasteiger partial charge in [-0.15, -0.1) is 0 Å². The summed E-state index contributed by atoms with van der Waals surface area (Å²) in [5.74, 6) is -0.546. The highest BCUT2D eigenvalue weighted by atomic mass is 16.7. The molecule has 2 heterocycles. The number of hydroxylamine groups is 2. The summed E-state index contributed by atoms with van der Waals surface area (Å²) in [5.41, 5.74) is 0.985. The Hall–Kier alpha value is -3.13. The first-order chi connectivity index (χ1) is 12.6. The molecule has 8 heteroatoms. The van der Waals surface area contributed by atoms with E-state index >= 15 is 0 Å². The average Bonchev–Trinajstić information content (AvgIpc) is 2.66. The van der Waals surface area contributed by atoms with Gasteiger partial charge in [0.25, 0.3) is 5.91 Å². The van der Waals surface area contributed by atoms with Gasteiger partial charge in [0.15, 0.2) is 12.8 Å². The predicted octanol–water partition coefficient (Wildman–Crippen LogP) is 0.581. The highest BCUT2D eigenvalue weighted by molar-refractivity contribution is 5.88. The molecule has 0 spiro atoms. The monoisotopic (exact) mass is 354 g/mol. The number of nitrogens with zero attached hydrogens (tertiary/aromatic N) is 2. The molecule has 0 bridgehead atoms. The number of piperazine rings is 1. The molecule has 2 saturated heterocycles. The summed E-state index contributed by atoms with van der Waals surface area (Å²) in [7, 11) is 0. The average molecular weight is 354 g/mol. The normalized spacial score (nSPS) is 19.9. The maximum absolute atomic E-state index is 12.6. The van der Waals surface area contributed by atoms with E-state index in [0.29, 0.717) is 6.54 Å². The predicted molar refractivity (Wildman–Crippen MR) is 92.5 cm³/mol. The first kappa shape index (κ1) is 16.3. The standard InChI is InChI=1S/C18H18N4O4/c23-15-10-21-16(9-19-15)22(26-11-17(21)24)18(25)20-8-13-6-3-5-12-4-1-2-7-14(12)13/h1-7,16H,8-11H2,(H,19,23)(H,20,25). The molecule has 2 N–H and O–H groups in total. The molecule has 8 nitrogen and oxygen atoms in total. The molecule has 2 fully saturated rings. The molecule has 134 valence electrons. The first-order valence-corrected chi connectivity index (χ1v) is 8.36. The van der Waals surface area contributed by atoms with E-state index in [0.717, 1.165) is 21.4 Å². The zero-order chi connectivity index (χ0) is 18.1. The second kappa shape index (κ2) is 6.64. The van der Waals surface area contributed by atoms with Gasteiger partial charge in [-0.1, -0.05) is 42.5 Å². The van der Waals surface area contributed by atoms with E-state index in [4.69, 9.17) is 4.84 Å². The molecule has 0 saturated carbocycles. The van der Waals surface area contributed by atoms with Crippen molar-refractivity contribution in [3.8, 4) is 0 Å².